The molecule has 1 N–H and O–H groups in total. The fourth-order valence-electron chi connectivity index (χ4n) is 3.87. The highest BCUT2D eigenvalue weighted by Crippen LogP contribution is 2.28. The van der Waals surface area contributed by atoms with Gasteiger partial charge in [-0.3, -0.25) is 19.7 Å². The first kappa shape index (κ1) is 20.9. The van der Waals surface area contributed by atoms with E-state index in [0.717, 1.165) is 35.9 Å². The number of carbonyl (C=O) groups excluding carboxylic acids is 1. The lowest BCUT2D eigenvalue weighted by molar-refractivity contribution is -0.384. The molecular weight excluding hydrogens is 444 g/mol. The molecular formula is C22H18N6O4S. The maximum Gasteiger partial charge on any atom is 0.269 e. The third-order valence-electron chi connectivity index (χ3n) is 5.47. The number of benzene rings is 2. The number of non-ortho nitro benzene ring substituents is 1. The number of aryl methyl sites for hydroxylation is 1. The molecule has 5 rings (SSSR count). The first-order valence-electron chi connectivity index (χ1n) is 10.3. The smallest absolute Gasteiger partial charge is 0.269 e. The van der Waals surface area contributed by atoms with E-state index in [1.807, 2.05) is 24.3 Å². The number of anilines is 1. The number of thioether (sulfide) groups is 1. The topological polar surface area (TPSA) is 127 Å². The lowest BCUT2D eigenvalue weighted by atomic mass is 10.0. The van der Waals surface area contributed by atoms with Gasteiger partial charge in [-0.15, -0.1) is 0 Å². The van der Waals surface area contributed by atoms with Crippen LogP contribution in [0.2, 0.25) is 0 Å². The normalized spacial score (nSPS) is 13.2. The van der Waals surface area contributed by atoms with Crippen LogP contribution in [0.4, 0.5) is 11.4 Å². The summed E-state index contributed by atoms with van der Waals surface area (Å²) < 4.78 is 1.45. The van der Waals surface area contributed by atoms with E-state index in [9.17, 15) is 19.7 Å². The number of nitrogens with one attached hydrogen (secondary N) is 1. The average Bonchev–Trinajstić information content (AvgIpc) is 3.27. The first-order chi connectivity index (χ1) is 16.0. The number of nitro benzene ring substituents is 1. The number of aromatic nitrogens is 4. The molecule has 33 heavy (non-hydrogen) atoms. The van der Waals surface area contributed by atoms with Crippen molar-refractivity contribution < 1.29 is 9.72 Å². The Morgan fingerprint density at radius 2 is 1.97 bits per heavy atom. The van der Waals surface area contributed by atoms with Crippen LogP contribution in [0.5, 0.6) is 0 Å². The summed E-state index contributed by atoms with van der Waals surface area (Å²) in [5, 5.41) is 15.7. The van der Waals surface area contributed by atoms with Gasteiger partial charge in [0.05, 0.1) is 22.6 Å². The summed E-state index contributed by atoms with van der Waals surface area (Å²) in [5.74, 6) is 0.0628. The number of rotatable bonds is 5. The second-order valence-electron chi connectivity index (χ2n) is 7.50. The Labute approximate surface area is 191 Å². The number of amides is 1. The van der Waals surface area contributed by atoms with Crippen LogP contribution >= 0.6 is 11.8 Å². The van der Waals surface area contributed by atoms with E-state index in [1.54, 1.807) is 4.90 Å². The molecule has 1 aliphatic rings. The second-order valence-corrected chi connectivity index (χ2v) is 8.47. The fourth-order valence-corrected chi connectivity index (χ4v) is 4.60. The number of para-hydroxylation sites is 1. The molecule has 2 aromatic carbocycles. The summed E-state index contributed by atoms with van der Waals surface area (Å²) in [7, 11) is 0. The number of fused-ring (bicyclic) bond motifs is 2. The van der Waals surface area contributed by atoms with Crippen LogP contribution in [-0.2, 0) is 11.2 Å². The van der Waals surface area contributed by atoms with E-state index in [1.165, 1.54) is 35.1 Å². The highest BCUT2D eigenvalue weighted by atomic mass is 32.2. The molecule has 0 spiro atoms. The van der Waals surface area contributed by atoms with Gasteiger partial charge in [-0.2, -0.15) is 5.10 Å². The minimum atomic E-state index is -0.486. The van der Waals surface area contributed by atoms with E-state index in [-0.39, 0.29) is 28.3 Å². The average molecular weight is 462 g/mol. The molecule has 0 radical (unpaired) electrons. The van der Waals surface area contributed by atoms with E-state index in [2.05, 4.69) is 15.1 Å². The second kappa shape index (κ2) is 8.51. The van der Waals surface area contributed by atoms with Crippen LogP contribution in [0.25, 0.3) is 16.7 Å². The lowest BCUT2D eigenvalue weighted by Gasteiger charge is -2.29. The summed E-state index contributed by atoms with van der Waals surface area (Å²) in [6, 6.07) is 13.7. The zero-order chi connectivity index (χ0) is 22.9. The Hall–Kier alpha value is -3.99. The number of hydrogen-bond donors (Lipinski definition) is 1. The van der Waals surface area contributed by atoms with E-state index < -0.39 is 4.92 Å². The van der Waals surface area contributed by atoms with Gasteiger partial charge in [0.1, 0.15) is 5.39 Å². The number of nitrogens with zero attached hydrogens (tertiary/aromatic N) is 5. The summed E-state index contributed by atoms with van der Waals surface area (Å²) in [5.41, 5.74) is 2.52. The molecule has 0 fully saturated rings. The number of H-pyrrole nitrogens is 1. The number of aromatic amines is 1. The summed E-state index contributed by atoms with van der Waals surface area (Å²) in [4.78, 5) is 44.9. The van der Waals surface area contributed by atoms with Gasteiger partial charge in [-0.25, -0.2) is 9.67 Å². The van der Waals surface area contributed by atoms with E-state index in [0.29, 0.717) is 23.0 Å². The third kappa shape index (κ3) is 3.98. The molecule has 0 saturated heterocycles. The molecule has 4 aromatic rings. The van der Waals surface area contributed by atoms with Crippen LogP contribution < -0.4 is 10.5 Å². The Kier molecular flexibility index (Phi) is 5.38. The minimum Gasteiger partial charge on any atom is -0.311 e. The largest absolute Gasteiger partial charge is 0.311 e. The van der Waals surface area contributed by atoms with Crippen LogP contribution in [0.1, 0.15) is 12.0 Å². The number of hydrogen-bond acceptors (Lipinski definition) is 7. The molecule has 0 unspecified atom stereocenters. The van der Waals surface area contributed by atoms with Crippen molar-refractivity contribution in [1.82, 2.24) is 19.7 Å². The maximum atomic E-state index is 12.9. The van der Waals surface area contributed by atoms with E-state index in [4.69, 9.17) is 0 Å². The number of nitro groups is 1. The standard InChI is InChI=1S/C22H18N6O4S/c29-19(26-11-3-5-14-4-1-2-6-18(14)26)13-33-22-24-20-17(21(30)25-22)12-23-27(20)15-7-9-16(10-8-15)28(31)32/h1-2,4,6-10,12H,3,5,11,13H2,(H,24,25,30). The molecule has 3 heterocycles. The lowest BCUT2D eigenvalue weighted by Crippen LogP contribution is -2.36. The van der Waals surface area contributed by atoms with Crippen molar-refractivity contribution >= 4 is 40.1 Å². The molecule has 166 valence electrons. The van der Waals surface area contributed by atoms with E-state index >= 15 is 0 Å². The monoisotopic (exact) mass is 462 g/mol. The molecule has 10 nitrogen and oxygen atoms in total. The van der Waals surface area contributed by atoms with Crippen LogP contribution in [0.3, 0.4) is 0 Å². The Morgan fingerprint density at radius 3 is 2.76 bits per heavy atom. The fraction of sp³-hybridized carbons (Fsp3) is 0.182. The first-order valence-corrected chi connectivity index (χ1v) is 11.2. The van der Waals surface area contributed by atoms with Gasteiger partial charge in [0.25, 0.3) is 11.2 Å². The van der Waals surface area contributed by atoms with Crippen LogP contribution in [0.15, 0.2) is 64.7 Å². The van der Waals surface area contributed by atoms with Crippen LogP contribution in [-0.4, -0.2) is 42.9 Å². The molecule has 0 saturated carbocycles. The summed E-state index contributed by atoms with van der Waals surface area (Å²) >= 11 is 1.15. The Bertz CT molecular complexity index is 1430. The van der Waals surface area contributed by atoms with Gasteiger partial charge in [-0.1, -0.05) is 30.0 Å². The Morgan fingerprint density at radius 1 is 1.18 bits per heavy atom. The van der Waals surface area contributed by atoms with Gasteiger partial charge < -0.3 is 9.88 Å². The van der Waals surface area contributed by atoms with Gasteiger partial charge in [0.15, 0.2) is 10.8 Å². The molecule has 1 amide bonds. The molecule has 11 heteroatoms. The third-order valence-corrected chi connectivity index (χ3v) is 6.32. The minimum absolute atomic E-state index is 0.0462. The SMILES string of the molecule is O=C(CSc1nc2c(cnn2-c2ccc([N+](=O)[O-])cc2)c(=O)[nH]1)N1CCCc2ccccc21. The predicted molar refractivity (Wildman–Crippen MR) is 124 cm³/mol. The van der Waals surface area contributed by atoms with Gasteiger partial charge in [0, 0.05) is 24.4 Å². The predicted octanol–water partition coefficient (Wildman–Crippen LogP) is 3.09. The van der Waals surface area contributed by atoms with Crippen molar-refractivity contribution in [2.45, 2.75) is 18.0 Å². The van der Waals surface area contributed by atoms with Gasteiger partial charge >= 0.3 is 0 Å². The number of carbonyl (C=O) groups is 1. The van der Waals surface area contributed by atoms with Crippen molar-refractivity contribution in [2.75, 3.05) is 17.2 Å². The van der Waals surface area contributed by atoms with Crippen molar-refractivity contribution in [3.63, 3.8) is 0 Å². The summed E-state index contributed by atoms with van der Waals surface area (Å²) in [6.45, 7) is 0.659. The van der Waals surface area contributed by atoms with Crippen LogP contribution in [0, 0.1) is 10.1 Å². The molecule has 0 atom stereocenters. The van der Waals surface area contributed by atoms with Crippen molar-refractivity contribution in [3.05, 3.63) is 80.8 Å². The molecule has 0 aliphatic carbocycles. The van der Waals surface area contributed by atoms with Crippen molar-refractivity contribution in [2.24, 2.45) is 0 Å². The van der Waals surface area contributed by atoms with Crippen molar-refractivity contribution in [1.29, 1.82) is 0 Å². The Balaban J connectivity index is 1.39. The maximum absolute atomic E-state index is 12.9. The zero-order valence-corrected chi connectivity index (χ0v) is 18.1. The molecule has 2 aromatic heterocycles. The zero-order valence-electron chi connectivity index (χ0n) is 17.3. The van der Waals surface area contributed by atoms with Gasteiger partial charge in [-0.05, 0) is 36.6 Å². The highest BCUT2D eigenvalue weighted by Gasteiger charge is 2.22. The molecule has 0 bridgehead atoms. The van der Waals surface area contributed by atoms with Crippen molar-refractivity contribution in [3.8, 4) is 5.69 Å². The molecule has 1 aliphatic heterocycles. The van der Waals surface area contributed by atoms with Gasteiger partial charge in [0.2, 0.25) is 5.91 Å². The quantitative estimate of drug-likeness (QED) is 0.209. The highest BCUT2D eigenvalue weighted by molar-refractivity contribution is 7.99. The summed E-state index contributed by atoms with van der Waals surface area (Å²) in [6.07, 6.45) is 3.25.